The fourth-order valence-corrected chi connectivity index (χ4v) is 2.88. The largest absolute Gasteiger partial charge is 0.477 e. The van der Waals surface area contributed by atoms with Gasteiger partial charge in [-0.2, -0.15) is 0 Å². The van der Waals surface area contributed by atoms with Crippen LogP contribution in [0.3, 0.4) is 0 Å². The molecule has 0 spiro atoms. The summed E-state index contributed by atoms with van der Waals surface area (Å²) in [5.74, 6) is -1.87. The van der Waals surface area contributed by atoms with Crippen LogP contribution in [0.2, 0.25) is 0 Å². The molecule has 1 aliphatic rings. The second-order valence-electron chi connectivity index (χ2n) is 5.65. The Kier molecular flexibility index (Phi) is 4.04. The lowest BCUT2D eigenvalue weighted by Gasteiger charge is -2.17. The maximum absolute atomic E-state index is 12.5. The van der Waals surface area contributed by atoms with Gasteiger partial charge >= 0.3 is 5.97 Å². The Balaban J connectivity index is 1.84. The molecule has 0 saturated carbocycles. The van der Waals surface area contributed by atoms with Crippen LogP contribution in [0.5, 0.6) is 0 Å². The van der Waals surface area contributed by atoms with Gasteiger partial charge in [-0.25, -0.2) is 4.79 Å². The zero-order chi connectivity index (χ0) is 17.3. The molecule has 122 valence electrons. The number of carboxylic acid groups (broad SMARTS) is 1. The second-order valence-corrected chi connectivity index (χ2v) is 5.65. The number of nitrogens with zero attached hydrogens (tertiary/aromatic N) is 2. The smallest absolute Gasteiger partial charge is 0.354 e. The summed E-state index contributed by atoms with van der Waals surface area (Å²) in [6.07, 6.45) is 0. The molecule has 0 fully saturated rings. The average molecular weight is 324 g/mol. The van der Waals surface area contributed by atoms with Crippen LogP contribution in [0.25, 0.3) is 0 Å². The molecule has 1 atom stereocenters. The SMILES string of the molecule is CC(/C(=N/O)C(=O)O)c1ccc(N2Cc3ccccc3C2=O)cc1. The summed E-state index contributed by atoms with van der Waals surface area (Å²) in [4.78, 5) is 25.2. The Bertz CT molecular complexity index is 827. The standard InChI is InChI=1S/C18H16N2O4/c1-11(16(19-24)18(22)23)12-6-8-14(9-7-12)20-10-13-4-2-3-5-15(13)17(20)21/h2-9,11,24H,10H2,1H3,(H,22,23)/b19-16-. The summed E-state index contributed by atoms with van der Waals surface area (Å²) >= 11 is 0. The summed E-state index contributed by atoms with van der Waals surface area (Å²) in [5, 5.41) is 20.7. The van der Waals surface area contributed by atoms with Crippen molar-refractivity contribution in [3.05, 3.63) is 65.2 Å². The number of oxime groups is 1. The van der Waals surface area contributed by atoms with Crippen LogP contribution in [-0.4, -0.2) is 27.9 Å². The predicted octanol–water partition coefficient (Wildman–Crippen LogP) is 2.87. The number of anilines is 1. The first-order valence-corrected chi connectivity index (χ1v) is 7.48. The molecule has 1 aliphatic heterocycles. The molecular weight excluding hydrogens is 308 g/mol. The first-order valence-electron chi connectivity index (χ1n) is 7.48. The van der Waals surface area contributed by atoms with Crippen LogP contribution >= 0.6 is 0 Å². The summed E-state index contributed by atoms with van der Waals surface area (Å²) in [5.41, 5.74) is 2.80. The van der Waals surface area contributed by atoms with E-state index in [1.807, 2.05) is 24.3 Å². The van der Waals surface area contributed by atoms with E-state index in [-0.39, 0.29) is 11.6 Å². The number of carbonyl (C=O) groups is 2. The van der Waals surface area contributed by atoms with Gasteiger partial charge in [-0.15, -0.1) is 0 Å². The van der Waals surface area contributed by atoms with Crippen LogP contribution in [-0.2, 0) is 11.3 Å². The van der Waals surface area contributed by atoms with Crippen molar-refractivity contribution in [3.8, 4) is 0 Å². The van der Waals surface area contributed by atoms with Crippen LogP contribution in [0.15, 0.2) is 53.7 Å². The molecule has 2 aromatic rings. The molecule has 0 aliphatic carbocycles. The second kappa shape index (κ2) is 6.16. The maximum atomic E-state index is 12.5. The molecule has 24 heavy (non-hydrogen) atoms. The number of amides is 1. The Labute approximate surface area is 138 Å². The van der Waals surface area contributed by atoms with Crippen LogP contribution < -0.4 is 4.90 Å². The lowest BCUT2D eigenvalue weighted by Crippen LogP contribution is -2.23. The monoisotopic (exact) mass is 324 g/mol. The first-order chi connectivity index (χ1) is 11.5. The number of rotatable bonds is 4. The number of aliphatic carboxylic acids is 1. The molecule has 0 radical (unpaired) electrons. The van der Waals surface area contributed by atoms with E-state index in [2.05, 4.69) is 5.16 Å². The molecule has 1 amide bonds. The minimum atomic E-state index is -1.26. The van der Waals surface area contributed by atoms with Gasteiger partial charge < -0.3 is 15.2 Å². The van der Waals surface area contributed by atoms with Gasteiger partial charge in [0.25, 0.3) is 5.91 Å². The molecule has 0 bridgehead atoms. The number of hydrogen-bond donors (Lipinski definition) is 2. The molecular formula is C18H16N2O4. The van der Waals surface area contributed by atoms with E-state index in [1.165, 1.54) is 0 Å². The van der Waals surface area contributed by atoms with Crippen molar-refractivity contribution in [2.45, 2.75) is 19.4 Å². The fourth-order valence-electron chi connectivity index (χ4n) is 2.88. The third kappa shape index (κ3) is 2.62. The van der Waals surface area contributed by atoms with Gasteiger partial charge in [0.05, 0.1) is 6.54 Å². The lowest BCUT2D eigenvalue weighted by atomic mass is 9.96. The van der Waals surface area contributed by atoms with Crippen molar-refractivity contribution in [2.75, 3.05) is 4.90 Å². The molecule has 0 saturated heterocycles. The Hall–Kier alpha value is -3.15. The minimum Gasteiger partial charge on any atom is -0.477 e. The summed E-state index contributed by atoms with van der Waals surface area (Å²) in [7, 11) is 0. The normalized spacial score (nSPS) is 15.3. The molecule has 1 unspecified atom stereocenters. The highest BCUT2D eigenvalue weighted by molar-refractivity contribution is 6.37. The zero-order valence-electron chi connectivity index (χ0n) is 13.0. The van der Waals surface area contributed by atoms with Crippen LogP contribution in [0, 0.1) is 0 Å². The molecule has 6 nitrogen and oxygen atoms in total. The highest BCUT2D eigenvalue weighted by atomic mass is 16.4. The number of carboxylic acids is 1. The molecule has 3 rings (SSSR count). The minimum absolute atomic E-state index is 0.0467. The molecule has 0 aromatic heterocycles. The number of carbonyl (C=O) groups excluding carboxylic acids is 1. The van der Waals surface area contributed by atoms with Crippen molar-refractivity contribution in [1.29, 1.82) is 0 Å². The van der Waals surface area contributed by atoms with Gasteiger partial charge in [0.1, 0.15) is 0 Å². The first kappa shape index (κ1) is 15.7. The predicted molar refractivity (Wildman–Crippen MR) is 88.7 cm³/mol. The maximum Gasteiger partial charge on any atom is 0.354 e. The van der Waals surface area contributed by atoms with Crippen molar-refractivity contribution in [2.24, 2.45) is 5.16 Å². The Morgan fingerprint density at radius 2 is 1.83 bits per heavy atom. The Morgan fingerprint density at radius 3 is 2.42 bits per heavy atom. The van der Waals surface area contributed by atoms with Crippen molar-refractivity contribution in [3.63, 3.8) is 0 Å². The summed E-state index contributed by atoms with van der Waals surface area (Å²) in [6, 6.07) is 14.5. The average Bonchev–Trinajstić information content (AvgIpc) is 2.92. The molecule has 2 aromatic carbocycles. The molecule has 2 N–H and O–H groups in total. The quantitative estimate of drug-likeness (QED) is 0.514. The number of benzene rings is 2. The third-order valence-corrected chi connectivity index (χ3v) is 4.26. The third-order valence-electron chi connectivity index (χ3n) is 4.26. The van der Waals surface area contributed by atoms with Gasteiger partial charge in [-0.3, -0.25) is 4.79 Å². The van der Waals surface area contributed by atoms with Gasteiger partial charge in [0.15, 0.2) is 5.71 Å². The van der Waals surface area contributed by atoms with E-state index in [0.29, 0.717) is 17.7 Å². The fraction of sp³-hybridized carbons (Fsp3) is 0.167. The Morgan fingerprint density at radius 1 is 1.17 bits per heavy atom. The summed E-state index contributed by atoms with van der Waals surface area (Å²) in [6.45, 7) is 2.16. The van der Waals surface area contributed by atoms with Gasteiger partial charge in [0, 0.05) is 17.2 Å². The van der Waals surface area contributed by atoms with E-state index in [9.17, 15) is 9.59 Å². The van der Waals surface area contributed by atoms with Gasteiger partial charge in [0.2, 0.25) is 0 Å². The highest BCUT2D eigenvalue weighted by Gasteiger charge is 2.28. The summed E-state index contributed by atoms with van der Waals surface area (Å²) < 4.78 is 0. The van der Waals surface area contributed by atoms with E-state index in [0.717, 1.165) is 11.3 Å². The zero-order valence-corrected chi connectivity index (χ0v) is 13.0. The van der Waals surface area contributed by atoms with Crippen LogP contribution in [0.4, 0.5) is 5.69 Å². The van der Waals surface area contributed by atoms with Crippen molar-refractivity contribution < 1.29 is 19.9 Å². The number of hydrogen-bond acceptors (Lipinski definition) is 4. The number of fused-ring (bicyclic) bond motifs is 1. The lowest BCUT2D eigenvalue weighted by molar-refractivity contribution is -0.129. The molecule has 1 heterocycles. The molecule has 6 heteroatoms. The van der Waals surface area contributed by atoms with Crippen molar-refractivity contribution >= 4 is 23.3 Å². The topological polar surface area (TPSA) is 90.2 Å². The van der Waals surface area contributed by atoms with Crippen molar-refractivity contribution in [1.82, 2.24) is 0 Å². The van der Waals surface area contributed by atoms with E-state index >= 15 is 0 Å². The van der Waals surface area contributed by atoms with E-state index < -0.39 is 11.9 Å². The van der Waals surface area contributed by atoms with Crippen LogP contribution in [0.1, 0.15) is 34.3 Å². The van der Waals surface area contributed by atoms with Gasteiger partial charge in [-0.05, 0) is 29.3 Å². The van der Waals surface area contributed by atoms with E-state index in [1.54, 1.807) is 36.1 Å². The highest BCUT2D eigenvalue weighted by Crippen LogP contribution is 2.29. The van der Waals surface area contributed by atoms with E-state index in [4.69, 9.17) is 10.3 Å². The van der Waals surface area contributed by atoms with Gasteiger partial charge in [-0.1, -0.05) is 42.4 Å².